The van der Waals surface area contributed by atoms with Crippen molar-refractivity contribution >= 4 is 22.4 Å². The van der Waals surface area contributed by atoms with Crippen molar-refractivity contribution in [1.82, 2.24) is 4.72 Å². The predicted octanol–water partition coefficient (Wildman–Crippen LogP) is 3.67. The summed E-state index contributed by atoms with van der Waals surface area (Å²) in [5.41, 5.74) is 20.7. The molecule has 2 aromatic carbocycles. The average molecular weight is 377 g/mol. The summed E-state index contributed by atoms with van der Waals surface area (Å²) in [6, 6.07) is 15.3. The predicted molar refractivity (Wildman–Crippen MR) is 114 cm³/mol. The molecule has 6 heteroatoms. The Morgan fingerprint density at radius 3 is 1.65 bits per heavy atom. The summed E-state index contributed by atoms with van der Waals surface area (Å²) in [6.45, 7) is 9.71. The zero-order valence-corrected chi connectivity index (χ0v) is 17.1. The molecule has 2 rings (SSSR count). The van der Waals surface area contributed by atoms with E-state index in [4.69, 9.17) is 17.2 Å². The fourth-order valence-corrected chi connectivity index (χ4v) is 3.03. The summed E-state index contributed by atoms with van der Waals surface area (Å²) >= 11 is 0. The molecular formula is C20H32N4OS. The summed E-state index contributed by atoms with van der Waals surface area (Å²) in [4.78, 5) is 0. The number of nitrogens with one attached hydrogen (secondary N) is 1. The van der Waals surface area contributed by atoms with Crippen molar-refractivity contribution in [3.05, 3.63) is 59.7 Å². The molecule has 3 unspecified atom stereocenters. The third-order valence-electron chi connectivity index (χ3n) is 3.79. The lowest BCUT2D eigenvalue weighted by Gasteiger charge is -2.22. The van der Waals surface area contributed by atoms with Crippen LogP contribution in [-0.4, -0.2) is 8.96 Å². The van der Waals surface area contributed by atoms with E-state index in [0.29, 0.717) is 0 Å². The largest absolute Gasteiger partial charge is 0.398 e. The topological polar surface area (TPSA) is 107 Å². The number of rotatable bonds is 4. The fourth-order valence-electron chi connectivity index (χ4n) is 2.23. The van der Waals surface area contributed by atoms with E-state index in [-0.39, 0.29) is 16.8 Å². The quantitative estimate of drug-likeness (QED) is 0.611. The first-order valence-electron chi connectivity index (χ1n) is 8.66. The van der Waals surface area contributed by atoms with E-state index in [1.807, 2.05) is 83.1 Å². The highest BCUT2D eigenvalue weighted by Crippen LogP contribution is 2.21. The Morgan fingerprint density at radius 2 is 1.31 bits per heavy atom. The molecule has 0 aliphatic carbocycles. The van der Waals surface area contributed by atoms with Crippen LogP contribution in [0.4, 0.5) is 11.4 Å². The van der Waals surface area contributed by atoms with Crippen molar-refractivity contribution in [3.8, 4) is 0 Å². The molecule has 0 spiro atoms. The molecule has 0 fully saturated rings. The molecule has 3 atom stereocenters. The second-order valence-corrected chi connectivity index (χ2v) is 9.27. The van der Waals surface area contributed by atoms with Gasteiger partial charge in [0.2, 0.25) is 0 Å². The molecule has 0 radical (unpaired) electrons. The van der Waals surface area contributed by atoms with Gasteiger partial charge in [0.15, 0.2) is 0 Å². The first kappa shape index (κ1) is 22.2. The van der Waals surface area contributed by atoms with Gasteiger partial charge >= 0.3 is 0 Å². The molecule has 144 valence electrons. The average Bonchev–Trinajstić information content (AvgIpc) is 2.55. The van der Waals surface area contributed by atoms with Crippen LogP contribution in [0.1, 0.15) is 57.8 Å². The van der Waals surface area contributed by atoms with Gasteiger partial charge < -0.3 is 17.2 Å². The van der Waals surface area contributed by atoms with Gasteiger partial charge in [-0.3, -0.25) is 0 Å². The highest BCUT2D eigenvalue weighted by atomic mass is 32.2. The Labute approximate surface area is 159 Å². The maximum Gasteiger partial charge on any atom is 0.0975 e. The SMILES string of the molecule is CC(N)c1ccccc1N.CC(NS(=O)C(C)(C)C)c1ccccc1N. The molecule has 2 aromatic rings. The second kappa shape index (κ2) is 9.71. The number of hydrogen-bond acceptors (Lipinski definition) is 4. The van der Waals surface area contributed by atoms with Crippen LogP contribution in [0.15, 0.2) is 48.5 Å². The summed E-state index contributed by atoms with van der Waals surface area (Å²) < 4.78 is 14.7. The van der Waals surface area contributed by atoms with Gasteiger partial charge in [0, 0.05) is 23.5 Å². The van der Waals surface area contributed by atoms with Gasteiger partial charge in [-0.2, -0.15) is 0 Å². The van der Waals surface area contributed by atoms with E-state index in [1.54, 1.807) is 0 Å². The van der Waals surface area contributed by atoms with E-state index in [9.17, 15) is 4.21 Å². The molecule has 0 saturated heterocycles. The molecule has 0 heterocycles. The van der Waals surface area contributed by atoms with Crippen molar-refractivity contribution in [2.45, 2.75) is 51.4 Å². The molecule has 7 N–H and O–H groups in total. The van der Waals surface area contributed by atoms with Gasteiger partial charge in [-0.05, 0) is 57.9 Å². The first-order valence-corrected chi connectivity index (χ1v) is 9.81. The van der Waals surface area contributed by atoms with Crippen LogP contribution in [0.5, 0.6) is 0 Å². The minimum Gasteiger partial charge on any atom is -0.398 e. The highest BCUT2D eigenvalue weighted by molar-refractivity contribution is 7.84. The smallest absolute Gasteiger partial charge is 0.0975 e. The molecule has 0 bridgehead atoms. The van der Waals surface area contributed by atoms with Crippen molar-refractivity contribution in [1.29, 1.82) is 0 Å². The fraction of sp³-hybridized carbons (Fsp3) is 0.400. The van der Waals surface area contributed by atoms with Crippen molar-refractivity contribution < 1.29 is 4.21 Å². The Hall–Kier alpha value is -1.89. The van der Waals surface area contributed by atoms with Crippen LogP contribution in [0.25, 0.3) is 0 Å². The van der Waals surface area contributed by atoms with Crippen LogP contribution in [0, 0.1) is 0 Å². The Kier molecular flexibility index (Phi) is 8.27. The summed E-state index contributed by atoms with van der Waals surface area (Å²) in [5, 5.41) is 0. The molecule has 0 amide bonds. The molecule has 0 aliphatic rings. The van der Waals surface area contributed by atoms with Crippen LogP contribution in [0.2, 0.25) is 0 Å². The Balaban J connectivity index is 0.000000289. The highest BCUT2D eigenvalue weighted by Gasteiger charge is 2.22. The van der Waals surface area contributed by atoms with Gasteiger partial charge in [0.05, 0.1) is 15.7 Å². The maximum absolute atomic E-state index is 11.9. The van der Waals surface area contributed by atoms with E-state index in [0.717, 1.165) is 22.5 Å². The van der Waals surface area contributed by atoms with E-state index in [1.165, 1.54) is 0 Å². The van der Waals surface area contributed by atoms with E-state index in [2.05, 4.69) is 4.72 Å². The molecule has 0 aromatic heterocycles. The third-order valence-corrected chi connectivity index (χ3v) is 5.47. The lowest BCUT2D eigenvalue weighted by atomic mass is 10.1. The molecule has 26 heavy (non-hydrogen) atoms. The summed E-state index contributed by atoms with van der Waals surface area (Å²) in [5.74, 6) is 0. The number of nitrogens with two attached hydrogens (primary N) is 3. The number of para-hydroxylation sites is 2. The zero-order valence-electron chi connectivity index (χ0n) is 16.3. The number of nitrogen functional groups attached to an aromatic ring is 2. The molecule has 5 nitrogen and oxygen atoms in total. The lowest BCUT2D eigenvalue weighted by Crippen LogP contribution is -2.35. The minimum atomic E-state index is -1.08. The van der Waals surface area contributed by atoms with Gasteiger partial charge in [0.25, 0.3) is 0 Å². The Morgan fingerprint density at radius 1 is 0.885 bits per heavy atom. The lowest BCUT2D eigenvalue weighted by molar-refractivity contribution is 0.616. The van der Waals surface area contributed by atoms with E-state index < -0.39 is 11.0 Å². The van der Waals surface area contributed by atoms with Crippen LogP contribution in [0.3, 0.4) is 0 Å². The Bertz CT molecular complexity index is 726. The standard InChI is InChI=1S/C12H20N2OS.C8H12N2/c1-9(14-16(15)12(2,3)4)10-7-5-6-8-11(10)13;1-6(9)7-4-2-3-5-8(7)10/h5-9,14H,13H2,1-4H3;2-6H,9-10H2,1H3. The van der Waals surface area contributed by atoms with Crippen molar-refractivity contribution in [2.24, 2.45) is 5.73 Å². The minimum absolute atomic E-state index is 0.0127. The normalized spacial score (nSPS) is 14.7. The number of anilines is 2. The summed E-state index contributed by atoms with van der Waals surface area (Å²) in [7, 11) is -1.08. The number of hydrogen-bond donors (Lipinski definition) is 4. The van der Waals surface area contributed by atoms with E-state index >= 15 is 0 Å². The molecular weight excluding hydrogens is 344 g/mol. The van der Waals surface area contributed by atoms with Gasteiger partial charge in [-0.1, -0.05) is 36.4 Å². The third kappa shape index (κ3) is 6.78. The van der Waals surface area contributed by atoms with Gasteiger partial charge in [0.1, 0.15) is 0 Å². The van der Waals surface area contributed by atoms with Crippen molar-refractivity contribution in [2.75, 3.05) is 11.5 Å². The molecule has 0 aliphatic heterocycles. The van der Waals surface area contributed by atoms with Crippen LogP contribution in [-0.2, 0) is 11.0 Å². The van der Waals surface area contributed by atoms with Crippen LogP contribution >= 0.6 is 0 Å². The summed E-state index contributed by atoms with van der Waals surface area (Å²) in [6.07, 6.45) is 0. The zero-order chi connectivity index (χ0) is 19.9. The van der Waals surface area contributed by atoms with Gasteiger partial charge in [-0.15, -0.1) is 0 Å². The monoisotopic (exact) mass is 376 g/mol. The maximum atomic E-state index is 11.9. The van der Waals surface area contributed by atoms with Crippen LogP contribution < -0.4 is 21.9 Å². The molecule has 0 saturated carbocycles. The van der Waals surface area contributed by atoms with Crippen molar-refractivity contribution in [3.63, 3.8) is 0 Å². The van der Waals surface area contributed by atoms with Gasteiger partial charge in [-0.25, -0.2) is 8.93 Å². The number of benzene rings is 2. The first-order chi connectivity index (χ1) is 12.0. The second-order valence-electron chi connectivity index (χ2n) is 7.27.